The molecule has 0 saturated carbocycles. The highest BCUT2D eigenvalue weighted by Crippen LogP contribution is 2.51. The molecular weight excluding hydrogens is 733 g/mol. The van der Waals surface area contributed by atoms with Crippen LogP contribution in [0.25, 0.3) is 6.08 Å². The SMILES string of the molecule is CCC/C(=C\c1cccc(O)c1)CC[C@H]1OB(O)C[C@H]2C1=C(CO[Si](c1ccccc1)(c1ccccc1)C(C)(C)C)C[C@H]1C(=O)N(CCCCCC(=O)O)C(=O)[C@H]12. The summed E-state index contributed by atoms with van der Waals surface area (Å²) in [6.07, 6.45) is 6.94. The van der Waals surface area contributed by atoms with Crippen LogP contribution in [0.3, 0.4) is 0 Å². The predicted octanol–water partition coefficient (Wildman–Crippen LogP) is 7.37. The van der Waals surface area contributed by atoms with Gasteiger partial charge in [-0.05, 0) is 95.0 Å². The number of fused-ring (bicyclic) bond motifs is 3. The lowest BCUT2D eigenvalue weighted by atomic mass is 9.58. The van der Waals surface area contributed by atoms with E-state index in [1.165, 1.54) is 10.5 Å². The number of carboxylic acid groups (broad SMARTS) is 1. The Labute approximate surface area is 339 Å². The van der Waals surface area contributed by atoms with Crippen molar-refractivity contribution < 1.29 is 38.7 Å². The third-order valence-corrected chi connectivity index (χ3v) is 17.1. The standard InChI is InChI=1S/C46H58BNO8Si/c1-5-16-32(27-33-17-15-18-35(49)28-33)24-25-40-42-34(31-55-57(46(2,3)4,36-19-9-6-10-20-36)37-21-11-7-12-22-37)29-38-43(39(42)30-47(54)56-40)45(53)48(44(38)52)26-14-8-13-23-41(50)51/h6-7,9-12,15,17-22,27-28,38-40,43,49,54H,5,8,13-14,16,23-26,29-31H2,1-4H3,(H,50,51)/b32-27+/t38-,39+,40-,43-/m1/s1. The van der Waals surface area contributed by atoms with E-state index in [9.17, 15) is 24.5 Å². The normalized spacial score (nSPS) is 21.5. The Balaban J connectivity index is 1.39. The molecule has 3 aromatic rings. The van der Waals surface area contributed by atoms with E-state index >= 15 is 0 Å². The fraction of sp³-hybridized carbons (Fsp3) is 0.457. The fourth-order valence-electron chi connectivity index (χ4n) is 9.62. The van der Waals surface area contributed by atoms with Crippen LogP contribution in [0, 0.1) is 17.8 Å². The van der Waals surface area contributed by atoms with Gasteiger partial charge in [0, 0.05) is 13.0 Å². The summed E-state index contributed by atoms with van der Waals surface area (Å²) in [5, 5.41) is 32.6. The number of phenolic OH excluding ortho intramolecular Hbond substituents is 1. The highest BCUT2D eigenvalue weighted by Gasteiger charge is 2.58. The number of carbonyl (C=O) groups is 3. The number of amides is 2. The third kappa shape index (κ3) is 9.38. The largest absolute Gasteiger partial charge is 0.508 e. The molecule has 0 aromatic heterocycles. The predicted molar refractivity (Wildman–Crippen MR) is 226 cm³/mol. The summed E-state index contributed by atoms with van der Waals surface area (Å²) in [6, 6.07) is 28.1. The maximum Gasteiger partial charge on any atom is 0.455 e. The molecule has 0 unspecified atom stereocenters. The van der Waals surface area contributed by atoms with Crippen LogP contribution in [0.5, 0.6) is 5.75 Å². The van der Waals surface area contributed by atoms with E-state index in [1.807, 2.05) is 24.3 Å². The highest BCUT2D eigenvalue weighted by atomic mass is 28.4. The molecular formula is C46H58BNO8Si. The quantitative estimate of drug-likeness (QED) is 0.0559. The number of nitrogens with zero attached hydrogens (tertiary/aromatic N) is 1. The number of unbranched alkanes of at least 4 members (excludes halogenated alkanes) is 2. The molecule has 9 nitrogen and oxygen atoms in total. The van der Waals surface area contributed by atoms with Gasteiger partial charge in [-0.2, -0.15) is 0 Å². The Hall–Kier alpha value is -4.29. The molecule has 1 aliphatic carbocycles. The summed E-state index contributed by atoms with van der Waals surface area (Å²) in [4.78, 5) is 41.0. The van der Waals surface area contributed by atoms with Crippen molar-refractivity contribution in [2.45, 2.75) is 103 Å². The lowest BCUT2D eigenvalue weighted by molar-refractivity contribution is -0.141. The summed E-state index contributed by atoms with van der Waals surface area (Å²) >= 11 is 0. The highest BCUT2D eigenvalue weighted by molar-refractivity contribution is 6.99. The van der Waals surface area contributed by atoms with Crippen molar-refractivity contribution in [3.8, 4) is 5.75 Å². The van der Waals surface area contributed by atoms with Crippen molar-refractivity contribution in [1.82, 2.24) is 4.90 Å². The van der Waals surface area contributed by atoms with Crippen molar-refractivity contribution >= 4 is 49.7 Å². The first kappa shape index (κ1) is 42.3. The molecule has 2 saturated heterocycles. The lowest BCUT2D eigenvalue weighted by Gasteiger charge is -2.46. The van der Waals surface area contributed by atoms with Crippen LogP contribution in [0.2, 0.25) is 11.4 Å². The number of carbonyl (C=O) groups excluding carboxylic acids is 2. The van der Waals surface area contributed by atoms with Crippen LogP contribution in [0.4, 0.5) is 0 Å². The van der Waals surface area contributed by atoms with Gasteiger partial charge in [-0.1, -0.05) is 125 Å². The number of hydrogen-bond acceptors (Lipinski definition) is 7. The maximum absolute atomic E-state index is 14.3. The molecule has 57 heavy (non-hydrogen) atoms. The molecule has 6 rings (SSSR count). The van der Waals surface area contributed by atoms with Gasteiger partial charge >= 0.3 is 13.1 Å². The Morgan fingerprint density at radius 1 is 0.912 bits per heavy atom. The first-order valence-electron chi connectivity index (χ1n) is 20.7. The van der Waals surface area contributed by atoms with E-state index in [4.69, 9.17) is 14.2 Å². The first-order chi connectivity index (χ1) is 27.3. The average Bonchev–Trinajstić information content (AvgIpc) is 3.41. The number of phenols is 1. The molecule has 4 atom stereocenters. The van der Waals surface area contributed by atoms with Crippen molar-refractivity contribution in [3.63, 3.8) is 0 Å². The zero-order valence-electron chi connectivity index (χ0n) is 33.9. The molecule has 11 heteroatoms. The van der Waals surface area contributed by atoms with Crippen molar-refractivity contribution in [2.75, 3.05) is 13.2 Å². The smallest absolute Gasteiger partial charge is 0.455 e. The molecule has 3 aromatic carbocycles. The fourth-order valence-corrected chi connectivity index (χ4v) is 14.2. The number of carboxylic acids is 1. The molecule has 2 amide bonds. The van der Waals surface area contributed by atoms with Gasteiger partial charge in [-0.15, -0.1) is 0 Å². The van der Waals surface area contributed by atoms with E-state index in [1.54, 1.807) is 12.1 Å². The lowest BCUT2D eigenvalue weighted by Crippen LogP contribution is -2.66. The Morgan fingerprint density at radius 3 is 2.21 bits per heavy atom. The van der Waals surface area contributed by atoms with Gasteiger partial charge in [-0.25, -0.2) is 0 Å². The number of aromatic hydroxyl groups is 1. The number of allylic oxidation sites excluding steroid dienone is 1. The molecule has 0 radical (unpaired) electrons. The van der Waals surface area contributed by atoms with Gasteiger partial charge in [-0.3, -0.25) is 19.3 Å². The van der Waals surface area contributed by atoms with E-state index in [0.29, 0.717) is 38.5 Å². The Morgan fingerprint density at radius 2 is 1.60 bits per heavy atom. The van der Waals surface area contributed by atoms with Crippen LogP contribution < -0.4 is 10.4 Å². The number of rotatable bonds is 17. The van der Waals surface area contributed by atoms with Gasteiger partial charge in [0.15, 0.2) is 0 Å². The minimum atomic E-state index is -2.99. The van der Waals surface area contributed by atoms with Crippen molar-refractivity contribution in [3.05, 3.63) is 107 Å². The van der Waals surface area contributed by atoms with Gasteiger partial charge in [0.05, 0.1) is 24.5 Å². The monoisotopic (exact) mass is 791 g/mol. The number of hydrogen-bond donors (Lipinski definition) is 3. The summed E-state index contributed by atoms with van der Waals surface area (Å²) in [5.74, 6) is -2.63. The third-order valence-electron chi connectivity index (χ3n) is 12.1. The van der Waals surface area contributed by atoms with Gasteiger partial charge < -0.3 is 24.3 Å². The van der Waals surface area contributed by atoms with E-state index in [0.717, 1.165) is 39.9 Å². The summed E-state index contributed by atoms with van der Waals surface area (Å²) in [5.41, 5.74) is 4.07. The molecule has 3 N–H and O–H groups in total. The molecule has 2 aliphatic heterocycles. The van der Waals surface area contributed by atoms with E-state index in [-0.39, 0.29) is 48.5 Å². The van der Waals surface area contributed by atoms with Crippen molar-refractivity contribution in [2.24, 2.45) is 17.8 Å². The number of benzene rings is 3. The van der Waals surface area contributed by atoms with Crippen LogP contribution >= 0.6 is 0 Å². The zero-order valence-corrected chi connectivity index (χ0v) is 34.9. The second-order valence-corrected chi connectivity index (χ2v) is 21.3. The average molecular weight is 792 g/mol. The molecule has 2 fully saturated rings. The summed E-state index contributed by atoms with van der Waals surface area (Å²) < 4.78 is 13.9. The number of likely N-dealkylation sites (tertiary alicyclic amines) is 1. The van der Waals surface area contributed by atoms with Crippen molar-refractivity contribution in [1.29, 1.82) is 0 Å². The van der Waals surface area contributed by atoms with Crippen LogP contribution in [-0.4, -0.2) is 72.6 Å². The first-order valence-corrected chi connectivity index (χ1v) is 22.6. The second kappa shape index (κ2) is 18.5. The molecule has 2 heterocycles. The van der Waals surface area contributed by atoms with Gasteiger partial charge in [0.2, 0.25) is 11.8 Å². The van der Waals surface area contributed by atoms with Crippen LogP contribution in [-0.2, 0) is 23.5 Å². The molecule has 302 valence electrons. The van der Waals surface area contributed by atoms with Gasteiger partial charge in [0.1, 0.15) is 5.75 Å². The molecule has 3 aliphatic rings. The Kier molecular flexibility index (Phi) is 13.8. The molecule has 0 spiro atoms. The topological polar surface area (TPSA) is 134 Å². The summed E-state index contributed by atoms with van der Waals surface area (Å²) in [6.45, 7) is 9.36. The zero-order chi connectivity index (χ0) is 40.7. The molecule has 0 bridgehead atoms. The maximum atomic E-state index is 14.3. The van der Waals surface area contributed by atoms with Gasteiger partial charge in [0.25, 0.3) is 8.32 Å². The Bertz CT molecular complexity index is 1900. The second-order valence-electron chi connectivity index (χ2n) is 17.0. The number of imide groups is 1. The summed E-state index contributed by atoms with van der Waals surface area (Å²) in [7, 11) is -4.09. The minimum Gasteiger partial charge on any atom is -0.508 e. The minimum absolute atomic E-state index is 0.0550. The number of aliphatic carboxylic acids is 1. The van der Waals surface area contributed by atoms with Crippen LogP contribution in [0.15, 0.2) is 102 Å². The van der Waals surface area contributed by atoms with E-state index < -0.39 is 45.3 Å². The van der Waals surface area contributed by atoms with E-state index in [2.05, 4.69) is 82.3 Å². The van der Waals surface area contributed by atoms with Crippen LogP contribution in [0.1, 0.15) is 91.0 Å².